The van der Waals surface area contributed by atoms with Gasteiger partial charge in [0.15, 0.2) is 0 Å². The van der Waals surface area contributed by atoms with Crippen LogP contribution >= 0.6 is 11.8 Å². The maximum atomic E-state index is 3.84. The molecule has 0 saturated heterocycles. The molecule has 0 spiro atoms. The molecule has 0 fully saturated rings. The van der Waals surface area contributed by atoms with Crippen LogP contribution in [0.5, 0.6) is 0 Å². The van der Waals surface area contributed by atoms with E-state index in [4.69, 9.17) is 0 Å². The zero-order chi connectivity index (χ0) is 11.2. The second-order valence-electron chi connectivity index (χ2n) is 3.50. The molecule has 0 nitrogen and oxygen atoms in total. The van der Waals surface area contributed by atoms with Gasteiger partial charge in [-0.15, -0.1) is 11.8 Å². The van der Waals surface area contributed by atoms with Gasteiger partial charge >= 0.3 is 0 Å². The molecule has 16 heavy (non-hydrogen) atoms. The third kappa shape index (κ3) is 2.77. The largest absolute Gasteiger partial charge is 0.121 e. The summed E-state index contributed by atoms with van der Waals surface area (Å²) < 4.78 is 0. The van der Waals surface area contributed by atoms with Crippen molar-refractivity contribution >= 4 is 17.8 Å². The predicted molar refractivity (Wildman–Crippen MR) is 72.5 cm³/mol. The quantitative estimate of drug-likeness (QED) is 0.685. The predicted octanol–water partition coefficient (Wildman–Crippen LogP) is 4.62. The van der Waals surface area contributed by atoms with E-state index in [0.29, 0.717) is 0 Å². The van der Waals surface area contributed by atoms with Crippen LogP contribution in [-0.4, -0.2) is 0 Å². The molecular formula is C15H14S. The van der Waals surface area contributed by atoms with Crippen molar-refractivity contribution in [3.05, 3.63) is 72.3 Å². The van der Waals surface area contributed by atoms with E-state index < -0.39 is 0 Å². The normalized spacial score (nSPS) is 10.0. The summed E-state index contributed by atoms with van der Waals surface area (Å²) in [5, 5.41) is 0. The Morgan fingerprint density at radius 3 is 2.38 bits per heavy atom. The van der Waals surface area contributed by atoms with Crippen LogP contribution in [0.1, 0.15) is 11.1 Å². The molecule has 0 heterocycles. The van der Waals surface area contributed by atoms with Gasteiger partial charge in [-0.05, 0) is 23.3 Å². The smallest absolute Gasteiger partial charge is 0.0237 e. The van der Waals surface area contributed by atoms with Crippen LogP contribution in [0.3, 0.4) is 0 Å². The Morgan fingerprint density at radius 2 is 1.62 bits per heavy atom. The second kappa shape index (κ2) is 5.57. The molecule has 0 aliphatic heterocycles. The maximum absolute atomic E-state index is 3.84. The van der Waals surface area contributed by atoms with Crippen LogP contribution in [0.25, 0.3) is 6.08 Å². The second-order valence-corrected chi connectivity index (χ2v) is 4.55. The van der Waals surface area contributed by atoms with E-state index in [1.807, 2.05) is 30.0 Å². The highest BCUT2D eigenvalue weighted by molar-refractivity contribution is 7.98. The minimum atomic E-state index is 0.992. The molecule has 2 rings (SSSR count). The lowest BCUT2D eigenvalue weighted by atomic mass is 10.1. The summed E-state index contributed by atoms with van der Waals surface area (Å²) in [5.41, 5.74) is 2.57. The van der Waals surface area contributed by atoms with E-state index in [1.54, 1.807) is 0 Å². The van der Waals surface area contributed by atoms with Crippen molar-refractivity contribution in [3.63, 3.8) is 0 Å². The summed E-state index contributed by atoms with van der Waals surface area (Å²) in [7, 11) is 0. The molecule has 0 unspecified atom stereocenters. The highest BCUT2D eigenvalue weighted by Gasteiger charge is 1.99. The average Bonchev–Trinajstić information content (AvgIpc) is 2.38. The molecule has 0 radical (unpaired) electrons. The van der Waals surface area contributed by atoms with Gasteiger partial charge in [-0.3, -0.25) is 0 Å². The van der Waals surface area contributed by atoms with Crippen LogP contribution in [0.15, 0.2) is 66.1 Å². The summed E-state index contributed by atoms with van der Waals surface area (Å²) in [6, 6.07) is 18.9. The monoisotopic (exact) mass is 226 g/mol. The van der Waals surface area contributed by atoms with E-state index in [0.717, 1.165) is 5.75 Å². The third-order valence-corrected chi connectivity index (χ3v) is 3.47. The van der Waals surface area contributed by atoms with Crippen molar-refractivity contribution in [3.8, 4) is 0 Å². The zero-order valence-electron chi connectivity index (χ0n) is 9.10. The first-order valence-electron chi connectivity index (χ1n) is 5.28. The molecule has 1 heteroatoms. The van der Waals surface area contributed by atoms with Crippen molar-refractivity contribution in [1.82, 2.24) is 0 Å². The summed E-state index contributed by atoms with van der Waals surface area (Å²) in [6.07, 6.45) is 1.92. The topological polar surface area (TPSA) is 0 Å². The van der Waals surface area contributed by atoms with Crippen molar-refractivity contribution in [2.45, 2.75) is 10.6 Å². The first kappa shape index (κ1) is 11.0. The lowest BCUT2D eigenvalue weighted by molar-refractivity contribution is 1.37. The van der Waals surface area contributed by atoms with Crippen molar-refractivity contribution in [2.24, 2.45) is 0 Å². The lowest BCUT2D eigenvalue weighted by Crippen LogP contribution is -1.85. The first-order valence-corrected chi connectivity index (χ1v) is 6.27. The fraction of sp³-hybridized carbons (Fsp3) is 0.0667. The molecule has 0 aromatic heterocycles. The molecule has 0 N–H and O–H groups in total. The highest BCUT2D eigenvalue weighted by Crippen LogP contribution is 2.24. The average molecular weight is 226 g/mol. The summed E-state index contributed by atoms with van der Waals surface area (Å²) in [6.45, 7) is 3.84. The summed E-state index contributed by atoms with van der Waals surface area (Å²) >= 11 is 1.86. The van der Waals surface area contributed by atoms with Gasteiger partial charge in [-0.25, -0.2) is 0 Å². The lowest BCUT2D eigenvalue weighted by Gasteiger charge is -2.05. The Bertz CT molecular complexity index is 460. The Labute approximate surface area is 101 Å². The van der Waals surface area contributed by atoms with Gasteiger partial charge in [0.25, 0.3) is 0 Å². The molecule has 0 bridgehead atoms. The zero-order valence-corrected chi connectivity index (χ0v) is 9.91. The van der Waals surface area contributed by atoms with Crippen LogP contribution in [-0.2, 0) is 5.75 Å². The minimum absolute atomic E-state index is 0.992. The maximum Gasteiger partial charge on any atom is 0.0237 e. The van der Waals surface area contributed by atoms with Gasteiger partial charge in [-0.1, -0.05) is 55.1 Å². The molecule has 2 aromatic rings. The van der Waals surface area contributed by atoms with E-state index in [2.05, 4.69) is 49.0 Å². The number of thioether (sulfide) groups is 1. The van der Waals surface area contributed by atoms with Crippen LogP contribution in [0, 0.1) is 0 Å². The molecule has 80 valence electrons. The van der Waals surface area contributed by atoms with Gasteiger partial charge in [0.2, 0.25) is 0 Å². The van der Waals surface area contributed by atoms with Crippen molar-refractivity contribution in [2.75, 3.05) is 0 Å². The molecule has 0 aliphatic rings. The molecule has 0 aliphatic carbocycles. The van der Waals surface area contributed by atoms with E-state index in [1.165, 1.54) is 16.0 Å². The fourth-order valence-corrected chi connectivity index (χ4v) is 2.48. The SMILES string of the molecule is C=Cc1ccccc1CSc1ccccc1. The fourth-order valence-electron chi connectivity index (χ4n) is 1.54. The van der Waals surface area contributed by atoms with Gasteiger partial charge in [0.05, 0.1) is 0 Å². The molecule has 0 amide bonds. The van der Waals surface area contributed by atoms with E-state index >= 15 is 0 Å². The Balaban J connectivity index is 2.08. The van der Waals surface area contributed by atoms with Crippen LogP contribution in [0.2, 0.25) is 0 Å². The Hall–Kier alpha value is -1.47. The van der Waals surface area contributed by atoms with Gasteiger partial charge in [0, 0.05) is 10.6 Å². The van der Waals surface area contributed by atoms with Crippen molar-refractivity contribution < 1.29 is 0 Å². The summed E-state index contributed by atoms with van der Waals surface area (Å²) in [5.74, 6) is 0.992. The van der Waals surface area contributed by atoms with E-state index in [-0.39, 0.29) is 0 Å². The van der Waals surface area contributed by atoms with E-state index in [9.17, 15) is 0 Å². The molecule has 0 atom stereocenters. The number of hydrogen-bond acceptors (Lipinski definition) is 1. The van der Waals surface area contributed by atoms with Gasteiger partial charge in [-0.2, -0.15) is 0 Å². The van der Waals surface area contributed by atoms with Crippen LogP contribution in [0.4, 0.5) is 0 Å². The Morgan fingerprint density at radius 1 is 0.938 bits per heavy atom. The van der Waals surface area contributed by atoms with Crippen molar-refractivity contribution in [1.29, 1.82) is 0 Å². The molecular weight excluding hydrogens is 212 g/mol. The Kier molecular flexibility index (Phi) is 3.84. The number of hydrogen-bond donors (Lipinski definition) is 0. The minimum Gasteiger partial charge on any atom is -0.121 e. The first-order chi connectivity index (χ1) is 7.90. The summed E-state index contributed by atoms with van der Waals surface area (Å²) in [4.78, 5) is 1.31. The van der Waals surface area contributed by atoms with Gasteiger partial charge < -0.3 is 0 Å². The highest BCUT2D eigenvalue weighted by atomic mass is 32.2. The number of benzene rings is 2. The standard InChI is InChI=1S/C15H14S/c1-2-13-8-6-7-9-14(13)12-16-15-10-4-3-5-11-15/h2-11H,1,12H2. The molecule has 0 saturated carbocycles. The molecule has 2 aromatic carbocycles. The van der Waals surface area contributed by atoms with Crippen LogP contribution < -0.4 is 0 Å². The van der Waals surface area contributed by atoms with Gasteiger partial charge in [0.1, 0.15) is 0 Å². The third-order valence-electron chi connectivity index (χ3n) is 2.41. The number of rotatable bonds is 4.